The minimum absolute atomic E-state index is 0.0118. The fourth-order valence-corrected chi connectivity index (χ4v) is 3.51. The van der Waals surface area contributed by atoms with Gasteiger partial charge in [0.15, 0.2) is 0 Å². The van der Waals surface area contributed by atoms with Gasteiger partial charge >= 0.3 is 0 Å². The molecule has 1 aromatic heterocycles. The maximum Gasteiger partial charge on any atom is 0.241 e. The van der Waals surface area contributed by atoms with Crippen LogP contribution in [0.25, 0.3) is 0 Å². The van der Waals surface area contributed by atoms with Gasteiger partial charge in [0.05, 0.1) is 6.04 Å². The quantitative estimate of drug-likeness (QED) is 0.875. The Morgan fingerprint density at radius 1 is 1.55 bits per heavy atom. The lowest BCUT2D eigenvalue weighted by Crippen LogP contribution is -2.37. The largest absolute Gasteiger partial charge is 0.320 e. The van der Waals surface area contributed by atoms with E-state index in [1.807, 2.05) is 23.3 Å². The first kappa shape index (κ1) is 15.7. The van der Waals surface area contributed by atoms with Gasteiger partial charge < -0.3 is 4.90 Å². The summed E-state index contributed by atoms with van der Waals surface area (Å²) < 4.78 is 11.6. The fraction of sp³-hybridized carbons (Fsp3) is 0.643. The van der Waals surface area contributed by atoms with E-state index in [1.165, 1.54) is 0 Å². The van der Waals surface area contributed by atoms with E-state index in [4.69, 9.17) is 0 Å². The zero-order valence-corrected chi connectivity index (χ0v) is 13.8. The molecule has 1 aromatic rings. The van der Waals surface area contributed by atoms with Gasteiger partial charge in [0.1, 0.15) is 6.17 Å². The molecular formula is C14H22N2O2S2. The summed E-state index contributed by atoms with van der Waals surface area (Å²) in [6.45, 7) is 4.55. The molecule has 0 bridgehead atoms. The zero-order chi connectivity index (χ0) is 14.7. The SMILES string of the molecule is CCCC1NC(c2ccsc2)N(CC(C)S(C)=O)C1=O. The van der Waals surface area contributed by atoms with Crippen molar-refractivity contribution in [2.75, 3.05) is 12.8 Å². The van der Waals surface area contributed by atoms with Crippen LogP contribution in [0.4, 0.5) is 0 Å². The summed E-state index contributed by atoms with van der Waals surface area (Å²) in [5.41, 5.74) is 1.12. The first-order valence-corrected chi connectivity index (χ1v) is 9.51. The third-order valence-corrected chi connectivity index (χ3v) is 5.69. The molecule has 20 heavy (non-hydrogen) atoms. The molecule has 0 saturated carbocycles. The molecule has 0 spiro atoms. The maximum absolute atomic E-state index is 12.5. The number of amides is 1. The molecule has 2 heterocycles. The average molecular weight is 314 g/mol. The highest BCUT2D eigenvalue weighted by Crippen LogP contribution is 2.28. The number of nitrogens with one attached hydrogen (secondary N) is 1. The van der Waals surface area contributed by atoms with Crippen LogP contribution in [0, 0.1) is 0 Å². The number of thiophene rings is 1. The normalized spacial score (nSPS) is 25.9. The molecule has 0 aliphatic carbocycles. The minimum Gasteiger partial charge on any atom is -0.320 e. The van der Waals surface area contributed by atoms with Crippen molar-refractivity contribution in [3.05, 3.63) is 22.4 Å². The number of rotatable bonds is 6. The van der Waals surface area contributed by atoms with Crippen molar-refractivity contribution in [1.82, 2.24) is 10.2 Å². The van der Waals surface area contributed by atoms with Crippen LogP contribution in [0.2, 0.25) is 0 Å². The molecule has 112 valence electrons. The van der Waals surface area contributed by atoms with Gasteiger partial charge in [-0.1, -0.05) is 13.3 Å². The Balaban J connectivity index is 2.19. The van der Waals surface area contributed by atoms with Gasteiger partial charge in [-0.2, -0.15) is 11.3 Å². The summed E-state index contributed by atoms with van der Waals surface area (Å²) >= 11 is 1.63. The second-order valence-corrected chi connectivity index (χ2v) is 7.85. The number of nitrogens with zero attached hydrogens (tertiary/aromatic N) is 1. The van der Waals surface area contributed by atoms with E-state index in [-0.39, 0.29) is 23.4 Å². The lowest BCUT2D eigenvalue weighted by molar-refractivity contribution is -0.130. The predicted molar refractivity (Wildman–Crippen MR) is 84.1 cm³/mol. The van der Waals surface area contributed by atoms with E-state index < -0.39 is 10.8 Å². The average Bonchev–Trinajstić information content (AvgIpc) is 3.02. The van der Waals surface area contributed by atoms with Crippen LogP contribution < -0.4 is 5.32 Å². The number of hydrogen-bond acceptors (Lipinski definition) is 4. The molecule has 2 rings (SSSR count). The molecule has 1 aliphatic heterocycles. The van der Waals surface area contributed by atoms with Crippen molar-refractivity contribution < 1.29 is 9.00 Å². The highest BCUT2D eigenvalue weighted by molar-refractivity contribution is 7.84. The third kappa shape index (κ3) is 3.30. The van der Waals surface area contributed by atoms with E-state index in [9.17, 15) is 9.00 Å². The Labute approximate surface area is 127 Å². The number of hydrogen-bond donors (Lipinski definition) is 1. The van der Waals surface area contributed by atoms with Gasteiger partial charge in [0.25, 0.3) is 0 Å². The predicted octanol–water partition coefficient (Wildman–Crippen LogP) is 2.11. The lowest BCUT2D eigenvalue weighted by Gasteiger charge is -2.26. The van der Waals surface area contributed by atoms with E-state index in [0.717, 1.165) is 18.4 Å². The zero-order valence-electron chi connectivity index (χ0n) is 12.2. The monoisotopic (exact) mass is 314 g/mol. The summed E-state index contributed by atoms with van der Waals surface area (Å²) in [6, 6.07) is 1.94. The van der Waals surface area contributed by atoms with Gasteiger partial charge in [-0.05, 0) is 35.7 Å². The van der Waals surface area contributed by atoms with Crippen LogP contribution in [0.1, 0.15) is 38.4 Å². The maximum atomic E-state index is 12.5. The molecule has 0 radical (unpaired) electrons. The van der Waals surface area contributed by atoms with Gasteiger partial charge in [0, 0.05) is 28.9 Å². The van der Waals surface area contributed by atoms with Crippen molar-refractivity contribution in [2.45, 2.75) is 44.1 Å². The molecule has 1 N–H and O–H groups in total. The molecule has 4 unspecified atom stereocenters. The van der Waals surface area contributed by atoms with Crippen molar-refractivity contribution in [2.24, 2.45) is 0 Å². The van der Waals surface area contributed by atoms with Crippen LogP contribution in [-0.2, 0) is 15.6 Å². The smallest absolute Gasteiger partial charge is 0.241 e. The van der Waals surface area contributed by atoms with Crippen LogP contribution >= 0.6 is 11.3 Å². The molecule has 1 amide bonds. The molecule has 1 aliphatic rings. The molecule has 1 saturated heterocycles. The van der Waals surface area contributed by atoms with Crippen LogP contribution in [0.3, 0.4) is 0 Å². The third-order valence-electron chi connectivity index (χ3n) is 3.71. The molecule has 4 nitrogen and oxygen atoms in total. The Bertz CT molecular complexity index is 476. The molecule has 1 fully saturated rings. The van der Waals surface area contributed by atoms with E-state index >= 15 is 0 Å². The Morgan fingerprint density at radius 2 is 2.30 bits per heavy atom. The summed E-state index contributed by atoms with van der Waals surface area (Å²) in [5, 5.41) is 7.50. The van der Waals surface area contributed by atoms with E-state index in [2.05, 4.69) is 17.6 Å². The van der Waals surface area contributed by atoms with Gasteiger partial charge in [-0.15, -0.1) is 0 Å². The summed E-state index contributed by atoms with van der Waals surface area (Å²) in [6.07, 6.45) is 3.45. The van der Waals surface area contributed by atoms with Crippen LogP contribution in [0.15, 0.2) is 16.8 Å². The fourth-order valence-electron chi connectivity index (χ4n) is 2.46. The Hall–Kier alpha value is -0.720. The second-order valence-electron chi connectivity index (χ2n) is 5.27. The van der Waals surface area contributed by atoms with E-state index in [0.29, 0.717) is 6.54 Å². The first-order chi connectivity index (χ1) is 9.54. The molecule has 0 aromatic carbocycles. The summed E-state index contributed by atoms with van der Waals surface area (Å²) in [7, 11) is -0.917. The van der Waals surface area contributed by atoms with E-state index in [1.54, 1.807) is 17.6 Å². The molecule has 6 heteroatoms. The number of carbonyl (C=O) groups is 1. The van der Waals surface area contributed by atoms with Crippen molar-refractivity contribution >= 4 is 28.0 Å². The van der Waals surface area contributed by atoms with Gasteiger partial charge in [-0.3, -0.25) is 14.3 Å². The van der Waals surface area contributed by atoms with Crippen molar-refractivity contribution in [3.63, 3.8) is 0 Å². The summed E-state index contributed by atoms with van der Waals surface area (Å²) in [4.78, 5) is 14.4. The van der Waals surface area contributed by atoms with Gasteiger partial charge in [-0.25, -0.2) is 0 Å². The van der Waals surface area contributed by atoms with Crippen molar-refractivity contribution in [1.29, 1.82) is 0 Å². The summed E-state index contributed by atoms with van der Waals surface area (Å²) in [5.74, 6) is 0.139. The first-order valence-electron chi connectivity index (χ1n) is 6.95. The number of carbonyl (C=O) groups excluding carboxylic acids is 1. The Morgan fingerprint density at radius 3 is 2.85 bits per heavy atom. The molecular weight excluding hydrogens is 292 g/mol. The molecule has 4 atom stereocenters. The lowest BCUT2D eigenvalue weighted by atomic mass is 10.2. The standard InChI is InChI=1S/C14H22N2O2S2/c1-4-5-12-14(17)16(8-10(2)20(3)18)13(15-12)11-6-7-19-9-11/h6-7,9-10,12-13,15H,4-5,8H2,1-3H3. The van der Waals surface area contributed by atoms with Crippen LogP contribution in [0.5, 0.6) is 0 Å². The minimum atomic E-state index is -0.917. The van der Waals surface area contributed by atoms with Crippen molar-refractivity contribution in [3.8, 4) is 0 Å². The second kappa shape index (κ2) is 6.83. The topological polar surface area (TPSA) is 49.4 Å². The Kier molecular flexibility index (Phi) is 5.35. The van der Waals surface area contributed by atoms with Gasteiger partial charge in [0.2, 0.25) is 5.91 Å². The van der Waals surface area contributed by atoms with Crippen LogP contribution in [-0.4, -0.2) is 39.1 Å². The highest BCUT2D eigenvalue weighted by Gasteiger charge is 2.39. The highest BCUT2D eigenvalue weighted by atomic mass is 32.2.